The van der Waals surface area contributed by atoms with Gasteiger partial charge in [-0.2, -0.15) is 5.26 Å². The fourth-order valence-electron chi connectivity index (χ4n) is 0.785. The summed E-state index contributed by atoms with van der Waals surface area (Å²) in [5, 5.41) is 8.55. The second-order valence-electron chi connectivity index (χ2n) is 2.08. The Morgan fingerprint density at radius 1 is 1.58 bits per heavy atom. The Morgan fingerprint density at radius 3 is 2.75 bits per heavy atom. The minimum Gasteiger partial charge on any atom is -0.495 e. The van der Waals surface area contributed by atoms with Gasteiger partial charge in [-0.05, 0) is 28.1 Å². The Morgan fingerprint density at radius 2 is 2.25 bits per heavy atom. The predicted molar refractivity (Wildman–Crippen MR) is 45.4 cm³/mol. The van der Waals surface area contributed by atoms with Crippen LogP contribution >= 0.6 is 15.9 Å². The van der Waals surface area contributed by atoms with Crippen molar-refractivity contribution in [3.63, 3.8) is 0 Å². The van der Waals surface area contributed by atoms with Crippen LogP contribution in [-0.4, -0.2) is 7.11 Å². The van der Waals surface area contributed by atoms with Gasteiger partial charge in [-0.25, -0.2) is 4.39 Å². The highest BCUT2D eigenvalue weighted by Gasteiger charge is 2.07. The number of methoxy groups -OCH3 is 1. The van der Waals surface area contributed by atoms with Crippen LogP contribution in [0.2, 0.25) is 0 Å². The van der Waals surface area contributed by atoms with E-state index in [4.69, 9.17) is 10.00 Å². The molecule has 4 heteroatoms. The first-order valence-corrected chi connectivity index (χ1v) is 3.91. The van der Waals surface area contributed by atoms with Gasteiger partial charge < -0.3 is 4.74 Å². The van der Waals surface area contributed by atoms with Gasteiger partial charge in [0.1, 0.15) is 17.6 Å². The van der Waals surface area contributed by atoms with Gasteiger partial charge in [0.25, 0.3) is 0 Å². The van der Waals surface area contributed by atoms with E-state index in [1.807, 2.05) is 6.07 Å². The molecule has 1 aromatic carbocycles. The summed E-state index contributed by atoms with van der Waals surface area (Å²) < 4.78 is 18.0. The number of ether oxygens (including phenoxy) is 1. The van der Waals surface area contributed by atoms with Gasteiger partial charge in [0, 0.05) is 0 Å². The highest BCUT2D eigenvalue weighted by molar-refractivity contribution is 9.10. The summed E-state index contributed by atoms with van der Waals surface area (Å²) in [5.74, 6) is -0.0990. The Bertz CT molecular complexity index is 346. The highest BCUT2D eigenvalue weighted by Crippen LogP contribution is 2.25. The third-order valence-corrected chi connectivity index (χ3v) is 1.97. The number of hydrogen-bond donors (Lipinski definition) is 0. The van der Waals surface area contributed by atoms with E-state index in [2.05, 4.69) is 15.9 Å². The number of rotatable bonds is 1. The molecule has 0 aliphatic heterocycles. The Hall–Kier alpha value is -1.08. The molecular weight excluding hydrogens is 225 g/mol. The van der Waals surface area contributed by atoms with Gasteiger partial charge >= 0.3 is 0 Å². The molecule has 0 aliphatic carbocycles. The van der Waals surface area contributed by atoms with Gasteiger partial charge in [-0.3, -0.25) is 0 Å². The van der Waals surface area contributed by atoms with E-state index in [1.165, 1.54) is 13.2 Å². The van der Waals surface area contributed by atoms with Gasteiger partial charge in [0.05, 0.1) is 17.1 Å². The van der Waals surface area contributed by atoms with Gasteiger partial charge in [0.2, 0.25) is 0 Å². The second-order valence-corrected chi connectivity index (χ2v) is 2.93. The Balaban J connectivity index is 3.31. The maximum Gasteiger partial charge on any atom is 0.138 e. The third-order valence-electron chi connectivity index (χ3n) is 1.36. The van der Waals surface area contributed by atoms with E-state index in [0.717, 1.165) is 6.07 Å². The summed E-state index contributed by atoms with van der Waals surface area (Å²) in [5.41, 5.74) is 0.193. The van der Waals surface area contributed by atoms with Crippen molar-refractivity contribution in [2.24, 2.45) is 0 Å². The van der Waals surface area contributed by atoms with Crippen molar-refractivity contribution in [1.29, 1.82) is 5.26 Å². The molecule has 0 saturated heterocycles. The fraction of sp³-hybridized carbons (Fsp3) is 0.125. The molecule has 0 aromatic heterocycles. The lowest BCUT2D eigenvalue weighted by molar-refractivity contribution is 0.412. The largest absolute Gasteiger partial charge is 0.495 e. The average molecular weight is 230 g/mol. The van der Waals surface area contributed by atoms with Gasteiger partial charge in [-0.15, -0.1) is 0 Å². The van der Waals surface area contributed by atoms with Crippen LogP contribution in [0, 0.1) is 17.1 Å². The zero-order valence-corrected chi connectivity index (χ0v) is 7.85. The van der Waals surface area contributed by atoms with Gasteiger partial charge in [-0.1, -0.05) is 0 Å². The average Bonchev–Trinajstić information content (AvgIpc) is 2.09. The van der Waals surface area contributed by atoms with Crippen LogP contribution in [0.1, 0.15) is 5.56 Å². The number of benzene rings is 1. The lowest BCUT2D eigenvalue weighted by Gasteiger charge is -2.02. The fourth-order valence-corrected chi connectivity index (χ4v) is 1.11. The molecule has 62 valence electrons. The van der Waals surface area contributed by atoms with Crippen LogP contribution < -0.4 is 4.74 Å². The van der Waals surface area contributed by atoms with Crippen molar-refractivity contribution in [2.75, 3.05) is 7.11 Å². The molecule has 0 spiro atoms. The normalized spacial score (nSPS) is 9.17. The molecule has 0 amide bonds. The molecule has 0 atom stereocenters. The maximum atomic E-state index is 12.8. The molecule has 0 unspecified atom stereocenters. The topological polar surface area (TPSA) is 33.0 Å². The maximum absolute atomic E-state index is 12.8. The molecule has 0 heterocycles. The van der Waals surface area contributed by atoms with Crippen molar-refractivity contribution < 1.29 is 9.13 Å². The third kappa shape index (κ3) is 1.56. The molecule has 2 nitrogen and oxygen atoms in total. The SMILES string of the molecule is COc1cc(Br)c(F)cc1C#N. The van der Waals surface area contributed by atoms with Crippen LogP contribution in [0.5, 0.6) is 5.75 Å². The standard InChI is InChI=1S/C8H5BrFNO/c1-12-8-3-6(9)7(10)2-5(8)4-11/h2-3H,1H3. The van der Waals surface area contributed by atoms with Crippen LogP contribution in [0.25, 0.3) is 0 Å². The number of nitrogens with zero attached hydrogens (tertiary/aromatic N) is 1. The number of nitriles is 1. The lowest BCUT2D eigenvalue weighted by atomic mass is 10.2. The molecule has 0 fully saturated rings. The minimum absolute atomic E-state index is 0.193. The van der Waals surface area contributed by atoms with Crippen molar-refractivity contribution in [1.82, 2.24) is 0 Å². The summed E-state index contributed by atoms with van der Waals surface area (Å²) in [6.45, 7) is 0. The summed E-state index contributed by atoms with van der Waals surface area (Å²) in [6.07, 6.45) is 0. The second kappa shape index (κ2) is 3.55. The van der Waals surface area contributed by atoms with Crippen LogP contribution in [0.15, 0.2) is 16.6 Å². The van der Waals surface area contributed by atoms with E-state index in [0.29, 0.717) is 10.2 Å². The van der Waals surface area contributed by atoms with Crippen LogP contribution in [0.4, 0.5) is 4.39 Å². The molecule has 0 aliphatic rings. The van der Waals surface area contributed by atoms with E-state index in [-0.39, 0.29) is 5.56 Å². The van der Waals surface area contributed by atoms with Crippen molar-refractivity contribution >= 4 is 15.9 Å². The summed E-state index contributed by atoms with van der Waals surface area (Å²) >= 11 is 2.99. The van der Waals surface area contributed by atoms with Crippen LogP contribution in [-0.2, 0) is 0 Å². The molecule has 12 heavy (non-hydrogen) atoms. The van der Waals surface area contributed by atoms with E-state index in [1.54, 1.807) is 0 Å². The highest BCUT2D eigenvalue weighted by atomic mass is 79.9. The molecule has 0 radical (unpaired) electrons. The Kier molecular flexibility index (Phi) is 2.66. The first-order chi connectivity index (χ1) is 5.69. The van der Waals surface area contributed by atoms with E-state index >= 15 is 0 Å². The first kappa shape index (κ1) is 9.01. The molecular formula is C8H5BrFNO. The van der Waals surface area contributed by atoms with Crippen molar-refractivity contribution in [3.05, 3.63) is 28.0 Å². The predicted octanol–water partition coefficient (Wildman–Crippen LogP) is 2.47. The minimum atomic E-state index is -0.465. The summed E-state index contributed by atoms with van der Waals surface area (Å²) in [6, 6.07) is 4.38. The zero-order valence-electron chi connectivity index (χ0n) is 6.27. The smallest absolute Gasteiger partial charge is 0.138 e. The first-order valence-electron chi connectivity index (χ1n) is 3.12. The van der Waals surface area contributed by atoms with Crippen molar-refractivity contribution in [2.45, 2.75) is 0 Å². The van der Waals surface area contributed by atoms with Crippen molar-refractivity contribution in [3.8, 4) is 11.8 Å². The monoisotopic (exact) mass is 229 g/mol. The van der Waals surface area contributed by atoms with Gasteiger partial charge in [0.15, 0.2) is 0 Å². The van der Waals surface area contributed by atoms with Crippen LogP contribution in [0.3, 0.4) is 0 Å². The molecule has 1 rings (SSSR count). The molecule has 0 N–H and O–H groups in total. The zero-order chi connectivity index (χ0) is 9.14. The molecule has 0 bridgehead atoms. The van der Waals surface area contributed by atoms with E-state index < -0.39 is 5.82 Å². The summed E-state index contributed by atoms with van der Waals surface area (Å²) in [4.78, 5) is 0. The lowest BCUT2D eigenvalue weighted by Crippen LogP contribution is -1.89. The number of halogens is 2. The number of hydrogen-bond acceptors (Lipinski definition) is 2. The molecule has 1 aromatic rings. The van der Waals surface area contributed by atoms with E-state index in [9.17, 15) is 4.39 Å². The molecule has 0 saturated carbocycles. The Labute approximate surface area is 77.7 Å². The quantitative estimate of drug-likeness (QED) is 0.742. The summed E-state index contributed by atoms with van der Waals surface area (Å²) in [7, 11) is 1.43.